The number of carbonyl (C=O) groups excluding carboxylic acids is 4. The molecule has 0 aromatic heterocycles. The van der Waals surface area contributed by atoms with Crippen molar-refractivity contribution in [2.24, 2.45) is 23.5 Å². The van der Waals surface area contributed by atoms with E-state index in [1.807, 2.05) is 0 Å². The molecule has 0 heterocycles. The molecular formula is C28H35N5O8. The number of aromatic hydroxyl groups is 1. The fourth-order valence-electron chi connectivity index (χ4n) is 6.69. The normalized spacial score (nSPS) is 27.6. The molecule has 4 aliphatic rings. The number of likely N-dealkylation sites (N-methyl/N-ethyl adjacent to an activating group) is 1. The molecule has 0 saturated heterocycles. The quantitative estimate of drug-likeness (QED) is 0.141. The first-order valence-corrected chi connectivity index (χ1v) is 13.5. The molecule has 8 N–H and O–H groups in total. The Morgan fingerprint density at radius 2 is 1.76 bits per heavy atom. The van der Waals surface area contributed by atoms with E-state index in [0.29, 0.717) is 11.3 Å². The molecule has 0 spiro atoms. The number of hydrazine groups is 1. The summed E-state index contributed by atoms with van der Waals surface area (Å²) in [7, 11) is 6.63. The summed E-state index contributed by atoms with van der Waals surface area (Å²) >= 11 is 0. The number of anilines is 2. The Hall–Kier alpha value is -4.10. The fraction of sp³-hybridized carbons (Fsp3) is 0.500. The molecule has 1 aromatic rings. The van der Waals surface area contributed by atoms with Gasteiger partial charge in [-0.25, -0.2) is 0 Å². The van der Waals surface area contributed by atoms with E-state index in [1.165, 1.54) is 4.90 Å². The molecule has 0 bridgehead atoms. The second-order valence-corrected chi connectivity index (χ2v) is 11.7. The van der Waals surface area contributed by atoms with E-state index in [1.54, 1.807) is 39.2 Å². The van der Waals surface area contributed by atoms with Crippen molar-refractivity contribution in [1.82, 2.24) is 10.3 Å². The molecule has 2 amide bonds. The van der Waals surface area contributed by atoms with Crippen LogP contribution in [0.1, 0.15) is 36.8 Å². The van der Waals surface area contributed by atoms with Crippen molar-refractivity contribution in [2.75, 3.05) is 38.5 Å². The van der Waals surface area contributed by atoms with Gasteiger partial charge in [0.2, 0.25) is 11.7 Å². The van der Waals surface area contributed by atoms with Gasteiger partial charge in [-0.3, -0.25) is 34.9 Å². The van der Waals surface area contributed by atoms with Gasteiger partial charge in [0.1, 0.15) is 17.1 Å². The second-order valence-electron chi connectivity index (χ2n) is 11.7. The van der Waals surface area contributed by atoms with Crippen LogP contribution in [-0.4, -0.2) is 88.5 Å². The number of phenolic OH excluding ortho intramolecular Hbond substituents is 1. The van der Waals surface area contributed by atoms with E-state index >= 15 is 0 Å². The van der Waals surface area contributed by atoms with Crippen molar-refractivity contribution in [3.63, 3.8) is 0 Å². The van der Waals surface area contributed by atoms with Gasteiger partial charge in [0, 0.05) is 37.2 Å². The summed E-state index contributed by atoms with van der Waals surface area (Å²) in [5.41, 5.74) is 8.00. The lowest BCUT2D eigenvalue weighted by atomic mass is 9.57. The molecule has 220 valence electrons. The SMILES string of the molecule is CN(C)c1cc(NNC(=O)C2CCC2)c(O)c2c1CC1CC3[C@H](N(C)C)C(=O)C(C(N)=O)=C(O)[C@@]3(O)C(=O)C1=C2O. The van der Waals surface area contributed by atoms with Crippen LogP contribution in [0.4, 0.5) is 11.4 Å². The van der Waals surface area contributed by atoms with Crippen LogP contribution in [-0.2, 0) is 25.6 Å². The van der Waals surface area contributed by atoms with Crippen LogP contribution in [0.25, 0.3) is 5.76 Å². The number of phenols is 1. The minimum absolute atomic E-state index is 0.00314. The van der Waals surface area contributed by atoms with Crippen molar-refractivity contribution in [3.8, 4) is 5.75 Å². The first kappa shape index (κ1) is 28.4. The van der Waals surface area contributed by atoms with Gasteiger partial charge in [0.25, 0.3) is 5.91 Å². The standard InChI is InChI=1S/C28H35N5O8/c1-32(2)16-10-15(30-31-27(40)11-6-5-7-11)21(34)18-13(16)8-12-9-14-20(33(3)4)23(36)19(26(29)39)25(38)28(14,41)24(37)17(12)22(18)35/h10-12,14,20,30,34-35,38,41H,5-9H2,1-4H3,(H2,29,39)(H,31,40)/t12?,14?,20-,28-/m0/s1. The number of hydrogen-bond acceptors (Lipinski definition) is 11. The highest BCUT2D eigenvalue weighted by Crippen LogP contribution is 2.54. The number of ketones is 2. The van der Waals surface area contributed by atoms with Crippen LogP contribution in [0, 0.1) is 17.8 Å². The number of aliphatic hydroxyl groups is 3. The number of nitrogens with one attached hydrogen (secondary N) is 2. The van der Waals surface area contributed by atoms with Crippen LogP contribution in [0.3, 0.4) is 0 Å². The maximum absolute atomic E-state index is 14.0. The number of primary amides is 1. The van der Waals surface area contributed by atoms with Gasteiger partial charge in [-0.1, -0.05) is 6.42 Å². The number of Topliss-reactive ketones (excluding diaryl/α,β-unsaturated/α-hetero) is 2. The Morgan fingerprint density at radius 3 is 2.29 bits per heavy atom. The van der Waals surface area contributed by atoms with E-state index in [2.05, 4.69) is 10.9 Å². The van der Waals surface area contributed by atoms with E-state index in [9.17, 15) is 39.6 Å². The summed E-state index contributed by atoms with van der Waals surface area (Å²) < 4.78 is 0. The van der Waals surface area contributed by atoms with Gasteiger partial charge in [-0.05, 0) is 57.3 Å². The average Bonchev–Trinajstić information content (AvgIpc) is 2.84. The summed E-state index contributed by atoms with van der Waals surface area (Å²) in [4.78, 5) is 55.0. The maximum Gasteiger partial charge on any atom is 0.255 e. The van der Waals surface area contributed by atoms with Crippen LogP contribution in [0.5, 0.6) is 5.75 Å². The Balaban J connectivity index is 1.65. The number of nitrogens with two attached hydrogens (primary N) is 1. The van der Waals surface area contributed by atoms with Gasteiger partial charge < -0.3 is 31.1 Å². The third-order valence-electron chi connectivity index (χ3n) is 8.98. The van der Waals surface area contributed by atoms with Crippen LogP contribution in [0.15, 0.2) is 23.0 Å². The Bertz CT molecular complexity index is 1440. The van der Waals surface area contributed by atoms with Crippen molar-refractivity contribution in [2.45, 2.75) is 43.7 Å². The van der Waals surface area contributed by atoms with Gasteiger partial charge in [-0.15, -0.1) is 0 Å². The zero-order valence-electron chi connectivity index (χ0n) is 23.3. The van der Waals surface area contributed by atoms with Crippen LogP contribution >= 0.6 is 0 Å². The summed E-state index contributed by atoms with van der Waals surface area (Å²) in [5.74, 6) is -7.53. The highest BCUT2D eigenvalue weighted by molar-refractivity contribution is 6.24. The van der Waals surface area contributed by atoms with Gasteiger partial charge in [-0.2, -0.15) is 0 Å². The van der Waals surface area contributed by atoms with Gasteiger partial charge in [0.15, 0.2) is 17.1 Å². The molecule has 0 aliphatic heterocycles. The van der Waals surface area contributed by atoms with E-state index < -0.39 is 63.8 Å². The van der Waals surface area contributed by atoms with E-state index in [4.69, 9.17) is 5.73 Å². The lowest BCUT2D eigenvalue weighted by Crippen LogP contribution is -2.65. The van der Waals surface area contributed by atoms with Gasteiger partial charge in [0.05, 0.1) is 17.3 Å². The van der Waals surface area contributed by atoms with Crippen molar-refractivity contribution in [1.29, 1.82) is 0 Å². The smallest absolute Gasteiger partial charge is 0.255 e. The highest BCUT2D eigenvalue weighted by atomic mass is 16.3. The molecule has 13 nitrogen and oxygen atoms in total. The monoisotopic (exact) mass is 569 g/mol. The van der Waals surface area contributed by atoms with Crippen molar-refractivity contribution < 1.29 is 39.6 Å². The molecule has 41 heavy (non-hydrogen) atoms. The van der Waals surface area contributed by atoms with Crippen molar-refractivity contribution >= 4 is 40.5 Å². The minimum Gasteiger partial charge on any atom is -0.508 e. The minimum atomic E-state index is -2.71. The summed E-state index contributed by atoms with van der Waals surface area (Å²) in [5, 5.41) is 45.5. The molecule has 1 aromatic carbocycles. The van der Waals surface area contributed by atoms with Crippen LogP contribution in [0.2, 0.25) is 0 Å². The summed E-state index contributed by atoms with van der Waals surface area (Å²) in [6, 6.07) is 0.467. The Morgan fingerprint density at radius 1 is 1.10 bits per heavy atom. The molecule has 2 unspecified atom stereocenters. The third-order valence-corrected chi connectivity index (χ3v) is 8.98. The lowest BCUT2D eigenvalue weighted by Gasteiger charge is -2.50. The average molecular weight is 570 g/mol. The van der Waals surface area contributed by atoms with Crippen molar-refractivity contribution in [3.05, 3.63) is 34.1 Å². The van der Waals surface area contributed by atoms with E-state index in [-0.39, 0.29) is 41.5 Å². The zero-order chi connectivity index (χ0) is 30.1. The maximum atomic E-state index is 14.0. The predicted molar refractivity (Wildman–Crippen MR) is 148 cm³/mol. The highest BCUT2D eigenvalue weighted by Gasteiger charge is 2.64. The second kappa shape index (κ2) is 9.77. The summed E-state index contributed by atoms with van der Waals surface area (Å²) in [6.07, 6.45) is 2.66. The number of amides is 2. The lowest BCUT2D eigenvalue weighted by molar-refractivity contribution is -0.153. The largest absolute Gasteiger partial charge is 0.508 e. The van der Waals surface area contributed by atoms with E-state index in [0.717, 1.165) is 19.3 Å². The number of hydrogen-bond donors (Lipinski definition) is 7. The fourth-order valence-corrected chi connectivity index (χ4v) is 6.69. The number of fused-ring (bicyclic) bond motifs is 3. The molecule has 2 fully saturated rings. The first-order chi connectivity index (χ1) is 19.2. The topological polar surface area (TPSA) is 206 Å². The molecule has 0 radical (unpaired) electrons. The molecule has 5 rings (SSSR count). The molecular weight excluding hydrogens is 534 g/mol. The molecule has 4 aliphatic carbocycles. The van der Waals surface area contributed by atoms with Gasteiger partial charge >= 0.3 is 0 Å². The number of nitrogens with zero attached hydrogens (tertiary/aromatic N) is 2. The Labute approximate surface area is 236 Å². The predicted octanol–water partition coefficient (Wildman–Crippen LogP) is 0.273. The number of aliphatic hydroxyl groups excluding tert-OH is 2. The summed E-state index contributed by atoms with van der Waals surface area (Å²) in [6.45, 7) is 0. The third kappa shape index (κ3) is 4.05. The molecule has 2 saturated carbocycles. The number of rotatable bonds is 6. The molecule has 4 atom stereocenters. The van der Waals surface area contributed by atoms with Crippen LogP contribution < -0.4 is 21.5 Å². The molecule has 13 heteroatoms. The number of benzene rings is 1. The Kier molecular flexibility index (Phi) is 6.77. The zero-order valence-corrected chi connectivity index (χ0v) is 23.3. The first-order valence-electron chi connectivity index (χ1n) is 13.5. The number of carbonyl (C=O) groups is 4.